The van der Waals surface area contributed by atoms with Crippen LogP contribution < -0.4 is 5.73 Å². The summed E-state index contributed by atoms with van der Waals surface area (Å²) in [4.78, 5) is 7.88. The predicted octanol–water partition coefficient (Wildman–Crippen LogP) is 3.69. The summed E-state index contributed by atoms with van der Waals surface area (Å²) < 4.78 is 0. The summed E-state index contributed by atoms with van der Waals surface area (Å²) in [5.74, 6) is 0.716. The molecule has 3 heteroatoms. The zero-order chi connectivity index (χ0) is 12.8. The van der Waals surface area contributed by atoms with Crippen molar-refractivity contribution in [1.29, 1.82) is 0 Å². The molecule has 3 aromatic rings. The maximum Gasteiger partial charge on any atom is 0.138 e. The van der Waals surface area contributed by atoms with E-state index in [4.69, 9.17) is 5.73 Å². The largest absolute Gasteiger partial charge is 0.399 e. The molecule has 2 aromatic heterocycles. The number of anilines is 1. The highest BCUT2D eigenvalue weighted by atomic mass is 14.9. The third-order valence-electron chi connectivity index (χ3n) is 3.79. The van der Waals surface area contributed by atoms with Gasteiger partial charge in [-0.2, -0.15) is 0 Å². The van der Waals surface area contributed by atoms with Crippen LogP contribution >= 0.6 is 0 Å². The molecule has 1 fully saturated rings. The predicted molar refractivity (Wildman–Crippen MR) is 77.9 cm³/mol. The van der Waals surface area contributed by atoms with E-state index >= 15 is 0 Å². The molecule has 1 saturated carbocycles. The Morgan fingerprint density at radius 3 is 2.63 bits per heavy atom. The molecular weight excluding hydrogens is 234 g/mol. The Bertz CT molecular complexity index is 736. The number of nitrogen functional groups attached to an aromatic ring is 1. The van der Waals surface area contributed by atoms with Crippen LogP contribution in [0.1, 0.15) is 24.5 Å². The van der Waals surface area contributed by atoms with Gasteiger partial charge in [-0.15, -0.1) is 0 Å². The van der Waals surface area contributed by atoms with Crippen LogP contribution in [0.3, 0.4) is 0 Å². The van der Waals surface area contributed by atoms with Gasteiger partial charge in [0, 0.05) is 23.0 Å². The number of H-pyrrole nitrogens is 1. The van der Waals surface area contributed by atoms with Crippen molar-refractivity contribution in [3.05, 3.63) is 48.3 Å². The van der Waals surface area contributed by atoms with Crippen LogP contribution in [0.5, 0.6) is 0 Å². The molecule has 1 aliphatic carbocycles. The van der Waals surface area contributed by atoms with E-state index in [-0.39, 0.29) is 0 Å². The van der Waals surface area contributed by atoms with Gasteiger partial charge in [0.1, 0.15) is 5.65 Å². The Hall–Kier alpha value is -2.29. The zero-order valence-electron chi connectivity index (χ0n) is 10.6. The molecule has 0 aliphatic heterocycles. The number of aromatic amines is 1. The van der Waals surface area contributed by atoms with Crippen LogP contribution in [0.4, 0.5) is 5.69 Å². The first kappa shape index (κ1) is 10.6. The van der Waals surface area contributed by atoms with E-state index in [1.807, 2.05) is 18.3 Å². The Kier molecular flexibility index (Phi) is 2.15. The fraction of sp³-hybridized carbons (Fsp3) is 0.188. The number of nitrogens with zero attached hydrogens (tertiary/aromatic N) is 1. The summed E-state index contributed by atoms with van der Waals surface area (Å²) >= 11 is 0. The smallest absolute Gasteiger partial charge is 0.138 e. The van der Waals surface area contributed by atoms with Gasteiger partial charge >= 0.3 is 0 Å². The number of aromatic nitrogens is 2. The number of fused-ring (bicyclic) bond motifs is 1. The third kappa shape index (κ3) is 1.78. The van der Waals surface area contributed by atoms with Crippen LogP contribution in [0.15, 0.2) is 42.6 Å². The highest BCUT2D eigenvalue weighted by molar-refractivity contribution is 5.93. The number of hydrogen-bond donors (Lipinski definition) is 2. The molecule has 4 rings (SSSR count). The fourth-order valence-electron chi connectivity index (χ4n) is 2.58. The second kappa shape index (κ2) is 3.85. The lowest BCUT2D eigenvalue weighted by atomic mass is 10.0. The molecule has 0 spiro atoms. The first-order valence-electron chi connectivity index (χ1n) is 6.65. The molecule has 3 nitrogen and oxygen atoms in total. The Morgan fingerprint density at radius 1 is 1.11 bits per heavy atom. The van der Waals surface area contributed by atoms with E-state index < -0.39 is 0 Å². The number of pyridine rings is 1. The number of rotatable bonds is 2. The van der Waals surface area contributed by atoms with Gasteiger partial charge in [-0.25, -0.2) is 4.98 Å². The molecule has 0 amide bonds. The third-order valence-corrected chi connectivity index (χ3v) is 3.79. The lowest BCUT2D eigenvalue weighted by Crippen LogP contribution is -1.85. The maximum atomic E-state index is 5.75. The zero-order valence-corrected chi connectivity index (χ0v) is 10.6. The van der Waals surface area contributed by atoms with E-state index in [2.05, 4.69) is 34.2 Å². The summed E-state index contributed by atoms with van der Waals surface area (Å²) in [5, 5.41) is 1.20. The summed E-state index contributed by atoms with van der Waals surface area (Å²) in [5.41, 5.74) is 11.3. The van der Waals surface area contributed by atoms with Crippen LogP contribution in [-0.4, -0.2) is 9.97 Å². The minimum atomic E-state index is 0.716. The average Bonchev–Trinajstić information content (AvgIpc) is 3.18. The van der Waals surface area contributed by atoms with Gasteiger partial charge in [0.25, 0.3) is 0 Å². The van der Waals surface area contributed by atoms with E-state index in [0.717, 1.165) is 11.3 Å². The molecular formula is C16H15N3. The van der Waals surface area contributed by atoms with E-state index in [0.29, 0.717) is 5.92 Å². The molecule has 94 valence electrons. The van der Waals surface area contributed by atoms with Crippen LogP contribution in [-0.2, 0) is 0 Å². The van der Waals surface area contributed by atoms with Gasteiger partial charge < -0.3 is 10.7 Å². The van der Waals surface area contributed by atoms with E-state index in [1.54, 1.807) is 0 Å². The van der Waals surface area contributed by atoms with Crippen molar-refractivity contribution in [3.63, 3.8) is 0 Å². The van der Waals surface area contributed by atoms with Crippen molar-refractivity contribution >= 4 is 16.7 Å². The molecule has 0 bridgehead atoms. The monoisotopic (exact) mass is 249 g/mol. The molecule has 1 aliphatic rings. The highest BCUT2D eigenvalue weighted by Crippen LogP contribution is 2.41. The lowest BCUT2D eigenvalue weighted by molar-refractivity contribution is 1.05. The van der Waals surface area contributed by atoms with Crippen molar-refractivity contribution < 1.29 is 0 Å². The number of nitrogens with one attached hydrogen (secondary N) is 1. The number of benzene rings is 1. The van der Waals surface area contributed by atoms with E-state index in [9.17, 15) is 0 Å². The summed E-state index contributed by atoms with van der Waals surface area (Å²) in [6, 6.07) is 12.3. The molecule has 0 unspecified atom stereocenters. The van der Waals surface area contributed by atoms with Gasteiger partial charge in [-0.3, -0.25) is 0 Å². The van der Waals surface area contributed by atoms with Gasteiger partial charge in [0.2, 0.25) is 0 Å². The molecule has 3 N–H and O–H groups in total. The molecule has 19 heavy (non-hydrogen) atoms. The molecule has 0 radical (unpaired) electrons. The Labute approximate surface area is 111 Å². The lowest BCUT2D eigenvalue weighted by Gasteiger charge is -2.03. The molecule has 2 heterocycles. The standard InChI is InChI=1S/C16H15N3/c17-12-5-3-10(4-6-12)13-7-8-18-16-14(13)9-15(19-16)11-1-2-11/h3-9,11H,1-2,17H2,(H,18,19). The van der Waals surface area contributed by atoms with Gasteiger partial charge in [-0.05, 0) is 54.2 Å². The first-order chi connectivity index (χ1) is 9.31. The minimum absolute atomic E-state index is 0.716. The van der Waals surface area contributed by atoms with E-state index in [1.165, 1.54) is 35.0 Å². The van der Waals surface area contributed by atoms with Gasteiger partial charge in [0.15, 0.2) is 0 Å². The number of hydrogen-bond acceptors (Lipinski definition) is 2. The molecule has 1 aromatic carbocycles. The normalized spacial score (nSPS) is 14.9. The fourth-order valence-corrected chi connectivity index (χ4v) is 2.58. The Morgan fingerprint density at radius 2 is 1.89 bits per heavy atom. The van der Waals surface area contributed by atoms with Crippen LogP contribution in [0.25, 0.3) is 22.2 Å². The molecule has 0 atom stereocenters. The van der Waals surface area contributed by atoms with Gasteiger partial charge in [0.05, 0.1) is 0 Å². The quantitative estimate of drug-likeness (QED) is 0.680. The summed E-state index contributed by atoms with van der Waals surface area (Å²) in [6.07, 6.45) is 4.45. The van der Waals surface area contributed by atoms with Gasteiger partial charge in [-0.1, -0.05) is 12.1 Å². The molecule has 0 saturated heterocycles. The summed E-state index contributed by atoms with van der Waals surface area (Å²) in [7, 11) is 0. The highest BCUT2D eigenvalue weighted by Gasteiger charge is 2.25. The minimum Gasteiger partial charge on any atom is -0.399 e. The SMILES string of the molecule is Nc1ccc(-c2ccnc3[nH]c(C4CC4)cc23)cc1. The average molecular weight is 249 g/mol. The topological polar surface area (TPSA) is 54.7 Å². The van der Waals surface area contributed by atoms with Crippen molar-refractivity contribution in [2.45, 2.75) is 18.8 Å². The number of nitrogens with two attached hydrogens (primary N) is 1. The van der Waals surface area contributed by atoms with Crippen molar-refractivity contribution in [2.75, 3.05) is 5.73 Å². The second-order valence-electron chi connectivity index (χ2n) is 5.24. The van der Waals surface area contributed by atoms with Crippen molar-refractivity contribution in [2.24, 2.45) is 0 Å². The Balaban J connectivity index is 1.90. The maximum absolute atomic E-state index is 5.75. The summed E-state index contributed by atoms with van der Waals surface area (Å²) in [6.45, 7) is 0. The van der Waals surface area contributed by atoms with Crippen molar-refractivity contribution in [3.8, 4) is 11.1 Å². The van der Waals surface area contributed by atoms with Crippen molar-refractivity contribution in [1.82, 2.24) is 9.97 Å². The first-order valence-corrected chi connectivity index (χ1v) is 6.65. The second-order valence-corrected chi connectivity index (χ2v) is 5.24. The van der Waals surface area contributed by atoms with Crippen LogP contribution in [0, 0.1) is 0 Å². The van der Waals surface area contributed by atoms with Crippen LogP contribution in [0.2, 0.25) is 0 Å².